The first-order chi connectivity index (χ1) is 0. The number of nitrogens with zero attached hydrogens (tertiary/aromatic N) is 1. The van der Waals surface area contributed by atoms with Crippen molar-refractivity contribution in [3.8, 4) is 0 Å². The molecule has 0 amide bonds. The second-order valence-corrected chi connectivity index (χ2v) is 0. The van der Waals surface area contributed by atoms with Crippen LogP contribution >= 0.6 is 30.5 Å². The van der Waals surface area contributed by atoms with Crippen molar-refractivity contribution in [3.63, 3.8) is 0 Å². The van der Waals surface area contributed by atoms with Crippen molar-refractivity contribution < 1.29 is 33.6 Å². The molecular formula is HAsBrFeNNiS. The van der Waals surface area contributed by atoms with Crippen LogP contribution in [0.3, 0.4) is 0 Å². The Morgan fingerprint density at radius 1 is 1.00 bits per heavy atom. The first-order valence-electron chi connectivity index (χ1n) is 0. The molecule has 6 heavy (non-hydrogen) atoms. The molecule has 0 aliphatic rings. The number of hydrogen-bond donors (Lipinski definition) is 0. The summed E-state index contributed by atoms with van der Waals surface area (Å²) < 4.78 is 0. The van der Waals surface area contributed by atoms with Gasteiger partial charge >= 0.3 is 0 Å². The summed E-state index contributed by atoms with van der Waals surface area (Å²) in [6, 6.07) is 0. The van der Waals surface area contributed by atoms with Crippen LogP contribution in [0.15, 0.2) is 0 Å². The van der Waals surface area contributed by atoms with Gasteiger partial charge in [0, 0.05) is 71.2 Å². The number of rotatable bonds is 0. The Balaban J connectivity index is 0. The molecular weight excluding hydrogens is 315 g/mol. The molecule has 0 atom stereocenters. The molecule has 0 saturated carbocycles. The molecule has 0 fully saturated rings. The summed E-state index contributed by atoms with van der Waals surface area (Å²) in [5.41, 5.74) is 0. The largest absolute Gasteiger partial charge is 0.114 e. The van der Waals surface area contributed by atoms with Gasteiger partial charge < -0.3 is 0 Å². The summed E-state index contributed by atoms with van der Waals surface area (Å²) in [6.07, 6.45) is 0. The van der Waals surface area contributed by atoms with Crippen molar-refractivity contribution in [2.75, 3.05) is 0 Å². The first-order valence-corrected chi connectivity index (χ1v) is 0. The Morgan fingerprint density at radius 2 is 1.00 bits per heavy atom. The average Bonchev–Trinajstić information content (AvgIpc) is 0. The van der Waals surface area contributed by atoms with Crippen LogP contribution < -0.4 is 6.15 Å². The third-order valence-corrected chi connectivity index (χ3v) is 0. The van der Waals surface area contributed by atoms with E-state index in [9.17, 15) is 0 Å². The van der Waals surface area contributed by atoms with Gasteiger partial charge in [0.25, 0.3) is 0 Å². The summed E-state index contributed by atoms with van der Waals surface area (Å²) in [7, 11) is 0. The Bertz CT molecular complexity index is 15.5. The zero-order valence-corrected chi connectivity index (χ0v) is 8.88. The standard InChI is InChI=1S/As.BrH.Fe.N.Ni.S/h;1H;;;;. The van der Waals surface area contributed by atoms with Crippen molar-refractivity contribution in [3.05, 3.63) is 0 Å². The molecule has 0 aliphatic carbocycles. The van der Waals surface area contributed by atoms with E-state index in [4.69, 9.17) is 0 Å². The maximum absolute atomic E-state index is 0. The van der Waals surface area contributed by atoms with Gasteiger partial charge in [-0.3, -0.25) is 0 Å². The van der Waals surface area contributed by atoms with E-state index in [0.29, 0.717) is 0 Å². The average molecular weight is 316 g/mol. The predicted molar refractivity (Wildman–Crippen MR) is 25.8 cm³/mol. The molecule has 0 aromatic carbocycles. The fourth-order valence-electron chi connectivity index (χ4n) is 0. The van der Waals surface area contributed by atoms with Crippen molar-refractivity contribution in [1.29, 1.82) is 0 Å². The quantitative estimate of drug-likeness (QED) is 0.578. The maximum Gasteiger partial charge on any atom is 0 e. The molecule has 0 bridgehead atoms. The molecule has 1 nitrogen and oxygen atoms in total. The van der Waals surface area contributed by atoms with Crippen molar-refractivity contribution in [2.45, 2.75) is 0 Å². The van der Waals surface area contributed by atoms with E-state index in [1.54, 1.807) is 0 Å². The van der Waals surface area contributed by atoms with Crippen LogP contribution in [0.1, 0.15) is 0 Å². The molecule has 0 N–H and O–H groups in total. The fraction of sp³-hybridized carbons (Fsp3) is 0. The first kappa shape index (κ1) is 81.3. The smallest absolute Gasteiger partial charge is 0 e. The predicted octanol–water partition coefficient (Wildman–Crippen LogP) is 0.360. The van der Waals surface area contributed by atoms with Crippen LogP contribution in [0.25, 0.3) is 0 Å². The molecule has 8 radical (unpaired) electrons. The van der Waals surface area contributed by atoms with Crippen molar-refractivity contribution in [2.24, 2.45) is 0 Å². The zero-order valence-electron chi connectivity index (χ0n) is 2.38. The van der Waals surface area contributed by atoms with Gasteiger partial charge in [-0.25, -0.2) is 0 Å². The van der Waals surface area contributed by atoms with E-state index in [2.05, 4.69) is 0 Å². The second-order valence-electron chi connectivity index (χ2n) is 0. The fourth-order valence-corrected chi connectivity index (χ4v) is 0. The molecule has 0 saturated heterocycles. The molecule has 0 aromatic rings. The summed E-state index contributed by atoms with van der Waals surface area (Å²) in [5, 5.41) is 0. The van der Waals surface area contributed by atoms with Gasteiger partial charge in [-0.2, -0.15) is 0 Å². The SMILES string of the molecule is Br.[As].[Fe].[N].[Ni].[S]. The van der Waals surface area contributed by atoms with Gasteiger partial charge in [0.05, 0.1) is 0 Å². The van der Waals surface area contributed by atoms with Crippen LogP contribution in [-0.4, -0.2) is 18.0 Å². The molecule has 0 aliphatic heterocycles. The Labute approximate surface area is 87.3 Å². The Morgan fingerprint density at radius 3 is 1.00 bits per heavy atom. The van der Waals surface area contributed by atoms with Gasteiger partial charge in [0.1, 0.15) is 0 Å². The van der Waals surface area contributed by atoms with E-state index in [0.717, 1.165) is 0 Å². The zero-order chi connectivity index (χ0) is 0. The summed E-state index contributed by atoms with van der Waals surface area (Å²) in [6.45, 7) is 0. The van der Waals surface area contributed by atoms with Crippen LogP contribution in [0.4, 0.5) is 0 Å². The van der Waals surface area contributed by atoms with Gasteiger partial charge in [-0.15, -0.1) is 17.0 Å². The maximum atomic E-state index is 0. The van der Waals surface area contributed by atoms with Crippen molar-refractivity contribution >= 4 is 48.4 Å². The molecule has 0 aromatic heterocycles. The summed E-state index contributed by atoms with van der Waals surface area (Å²) >= 11 is 0. The second kappa shape index (κ2) is 53.4. The van der Waals surface area contributed by atoms with Crippen LogP contribution in [0.5, 0.6) is 0 Å². The molecule has 0 unspecified atom stereocenters. The third kappa shape index (κ3) is 32.8. The van der Waals surface area contributed by atoms with Gasteiger partial charge in [-0.05, 0) is 0 Å². The Kier molecular flexibility index (Phi) is 723. The van der Waals surface area contributed by atoms with Crippen LogP contribution in [0, 0.1) is 0 Å². The van der Waals surface area contributed by atoms with E-state index >= 15 is 0 Å². The third-order valence-electron chi connectivity index (χ3n) is 0. The molecule has 6 heteroatoms. The number of halogens is 1. The minimum Gasteiger partial charge on any atom is -0.114 e. The molecule has 0 rings (SSSR count). The normalized spacial score (nSPS) is 0. The van der Waals surface area contributed by atoms with E-state index in [1.165, 1.54) is 0 Å². The summed E-state index contributed by atoms with van der Waals surface area (Å²) in [5.74, 6) is 0. The molecule has 0 spiro atoms. The minimum absolute atomic E-state index is 0. The van der Waals surface area contributed by atoms with Crippen molar-refractivity contribution in [1.82, 2.24) is 6.15 Å². The molecule has 0 heterocycles. The Hall–Kier alpha value is 2.36. The monoisotopic (exact) mass is 315 g/mol. The topological polar surface area (TPSA) is 30.5 Å². The van der Waals surface area contributed by atoms with E-state index < -0.39 is 0 Å². The molecule has 42 valence electrons. The number of hydrogen-bond acceptors (Lipinski definition) is 0. The minimum atomic E-state index is 0. The van der Waals surface area contributed by atoms with Gasteiger partial charge in [0.15, 0.2) is 0 Å². The van der Waals surface area contributed by atoms with E-state index in [1.807, 2.05) is 0 Å². The van der Waals surface area contributed by atoms with Gasteiger partial charge in [0.2, 0.25) is 0 Å². The van der Waals surface area contributed by atoms with Crippen LogP contribution in [-0.2, 0) is 33.6 Å². The van der Waals surface area contributed by atoms with Crippen LogP contribution in [0.2, 0.25) is 0 Å². The van der Waals surface area contributed by atoms with E-state index in [-0.39, 0.29) is 88.1 Å². The van der Waals surface area contributed by atoms with Gasteiger partial charge in [-0.1, -0.05) is 0 Å². The summed E-state index contributed by atoms with van der Waals surface area (Å²) in [4.78, 5) is 0.